The summed E-state index contributed by atoms with van der Waals surface area (Å²) in [5, 5.41) is 15.3. The lowest BCUT2D eigenvalue weighted by atomic mass is 9.95. The zero-order valence-corrected chi connectivity index (χ0v) is 31.7. The van der Waals surface area contributed by atoms with E-state index in [4.69, 9.17) is 9.47 Å². The first kappa shape index (κ1) is 37.1. The number of aromatic amines is 1. The molecule has 1 aromatic heterocycles. The van der Waals surface area contributed by atoms with Crippen LogP contribution in [0.3, 0.4) is 0 Å². The highest BCUT2D eigenvalue weighted by Gasteiger charge is 2.51. The van der Waals surface area contributed by atoms with E-state index in [0.29, 0.717) is 6.54 Å². The Bertz CT molecular complexity index is 1940. The van der Waals surface area contributed by atoms with Gasteiger partial charge in [-0.1, -0.05) is 98.0 Å². The molecule has 6 rings (SSSR count). The summed E-state index contributed by atoms with van der Waals surface area (Å²) < 4.78 is 12.4. The van der Waals surface area contributed by atoms with Gasteiger partial charge in [0.25, 0.3) is 0 Å². The number of nitrogens with zero attached hydrogens (tertiary/aromatic N) is 1. The van der Waals surface area contributed by atoms with Gasteiger partial charge in [0.05, 0.1) is 46.8 Å². The van der Waals surface area contributed by atoms with Crippen molar-refractivity contribution in [1.29, 1.82) is 0 Å². The molecular weight excluding hydrogens is 667 g/mol. The predicted molar refractivity (Wildman–Crippen MR) is 211 cm³/mol. The summed E-state index contributed by atoms with van der Waals surface area (Å²) in [7, 11) is -0.495. The van der Waals surface area contributed by atoms with Crippen LogP contribution < -0.4 is 15.2 Å². The quantitative estimate of drug-likeness (QED) is 0.100. The van der Waals surface area contributed by atoms with Gasteiger partial charge in [0, 0.05) is 35.9 Å². The summed E-state index contributed by atoms with van der Waals surface area (Å²) in [6, 6.07) is 34.4. The second kappa shape index (κ2) is 16.8. The molecule has 5 aromatic rings. The number of hydrogen-bond acceptors (Lipinski definition) is 5. The number of ether oxygens (including phenoxy) is 2. The van der Waals surface area contributed by atoms with Crippen LogP contribution in [0, 0.1) is 5.92 Å². The number of benzene rings is 4. The molecule has 0 radical (unpaired) electrons. The molecule has 2 heterocycles. The summed E-state index contributed by atoms with van der Waals surface area (Å²) in [5.74, 6) is 0.987. The molecule has 9 heteroatoms. The number of methoxy groups -OCH3 is 1. The highest BCUT2D eigenvalue weighted by Crippen LogP contribution is 2.46. The molecule has 0 spiro atoms. The number of aliphatic hydroxyl groups excluding tert-OH is 1. The van der Waals surface area contributed by atoms with Gasteiger partial charge in [-0.25, -0.2) is 0 Å². The maximum atomic E-state index is 14.0. The standard InChI is InChI=1S/C43H51N3O5Si/c1-30-39(22-17-31-13-10-14-34(25-31)45-41(48)26-33-28-44-38-16-9-8-15-37(33)38)51-40(43(30)52(3,4)36-20-18-35(50-2)19-21-36)27-42(49)46(23-24-47)29-32-11-6-5-7-12-32/h5-16,18-21,25,28,30,39-40,43-44,47H,17,22-24,26-27,29H2,1-4H3,(H,45,48)/t30-,39+,40-,43+/m1/s1. The van der Waals surface area contributed by atoms with E-state index >= 15 is 0 Å². The molecule has 0 aliphatic carbocycles. The van der Waals surface area contributed by atoms with Crippen LogP contribution in [0.4, 0.5) is 5.69 Å². The summed E-state index contributed by atoms with van der Waals surface area (Å²) in [5.41, 5.74) is 5.12. The van der Waals surface area contributed by atoms with Crippen LogP contribution in [-0.4, -0.2) is 67.3 Å². The molecule has 2 amide bonds. The minimum atomic E-state index is -2.17. The number of aliphatic hydroxyl groups is 1. The molecule has 4 aromatic carbocycles. The van der Waals surface area contributed by atoms with E-state index in [9.17, 15) is 14.7 Å². The van der Waals surface area contributed by atoms with Gasteiger partial charge in [0.1, 0.15) is 5.75 Å². The fourth-order valence-corrected chi connectivity index (χ4v) is 12.2. The van der Waals surface area contributed by atoms with Crippen molar-refractivity contribution in [2.24, 2.45) is 5.92 Å². The zero-order valence-electron chi connectivity index (χ0n) is 30.7. The third-order valence-electron chi connectivity index (χ3n) is 10.8. The zero-order chi connectivity index (χ0) is 36.7. The molecule has 0 unspecified atom stereocenters. The topological polar surface area (TPSA) is 104 Å². The minimum absolute atomic E-state index is 0.00337. The number of aromatic nitrogens is 1. The monoisotopic (exact) mass is 717 g/mol. The first-order valence-electron chi connectivity index (χ1n) is 18.3. The second-order valence-electron chi connectivity index (χ2n) is 14.6. The Morgan fingerprint density at radius 3 is 2.40 bits per heavy atom. The number of amides is 2. The number of fused-ring (bicyclic) bond motifs is 1. The molecule has 3 N–H and O–H groups in total. The molecule has 1 aliphatic rings. The van der Waals surface area contributed by atoms with Crippen LogP contribution in [0.5, 0.6) is 5.75 Å². The van der Waals surface area contributed by atoms with Crippen molar-refractivity contribution in [2.45, 2.75) is 70.0 Å². The SMILES string of the molecule is COc1ccc([Si](C)(C)[C@H]2[C@H](C)[C@H](CCc3cccc(NC(=O)Cc4c[nH]c5ccccc45)c3)O[C@@H]2CC(=O)N(CCO)Cc2ccccc2)cc1. The minimum Gasteiger partial charge on any atom is -0.497 e. The van der Waals surface area contributed by atoms with Gasteiger partial charge in [-0.05, 0) is 71.3 Å². The number of anilines is 1. The van der Waals surface area contributed by atoms with Gasteiger partial charge >= 0.3 is 0 Å². The summed E-state index contributed by atoms with van der Waals surface area (Å²) in [6.07, 6.45) is 3.76. The van der Waals surface area contributed by atoms with Crippen molar-refractivity contribution < 1.29 is 24.2 Å². The molecule has 1 fully saturated rings. The van der Waals surface area contributed by atoms with Gasteiger partial charge in [-0.3, -0.25) is 9.59 Å². The third kappa shape index (κ3) is 8.66. The second-order valence-corrected chi connectivity index (χ2v) is 19.3. The maximum Gasteiger partial charge on any atom is 0.228 e. The van der Waals surface area contributed by atoms with Gasteiger partial charge in [-0.2, -0.15) is 0 Å². The van der Waals surface area contributed by atoms with Crippen LogP contribution in [-0.2, 0) is 33.7 Å². The first-order chi connectivity index (χ1) is 25.2. The normalized spacial score (nSPS) is 18.7. The van der Waals surface area contributed by atoms with Crippen molar-refractivity contribution in [3.8, 4) is 5.75 Å². The van der Waals surface area contributed by atoms with E-state index in [2.05, 4.69) is 54.6 Å². The molecule has 1 aliphatic heterocycles. The average molecular weight is 718 g/mol. The lowest BCUT2D eigenvalue weighted by molar-refractivity contribution is -0.135. The highest BCUT2D eigenvalue weighted by molar-refractivity contribution is 6.91. The van der Waals surface area contributed by atoms with Gasteiger partial charge in [0.15, 0.2) is 0 Å². The number of aryl methyl sites for hydroxylation is 1. The van der Waals surface area contributed by atoms with Crippen molar-refractivity contribution >= 4 is 41.7 Å². The molecule has 8 nitrogen and oxygen atoms in total. The van der Waals surface area contributed by atoms with Gasteiger partial charge in [0.2, 0.25) is 11.8 Å². The Morgan fingerprint density at radius 2 is 1.65 bits per heavy atom. The lowest BCUT2D eigenvalue weighted by Crippen LogP contribution is -2.51. The summed E-state index contributed by atoms with van der Waals surface area (Å²) in [6.45, 7) is 7.69. The predicted octanol–water partition coefficient (Wildman–Crippen LogP) is 7.09. The van der Waals surface area contributed by atoms with E-state index in [-0.39, 0.29) is 61.5 Å². The number of nitrogens with one attached hydrogen (secondary N) is 2. The van der Waals surface area contributed by atoms with Crippen molar-refractivity contribution in [1.82, 2.24) is 9.88 Å². The number of carbonyl (C=O) groups excluding carboxylic acids is 2. The van der Waals surface area contributed by atoms with Crippen molar-refractivity contribution in [3.63, 3.8) is 0 Å². The largest absolute Gasteiger partial charge is 0.497 e. The van der Waals surface area contributed by atoms with Crippen LogP contribution >= 0.6 is 0 Å². The fraction of sp³-hybridized carbons (Fsp3) is 0.349. The summed E-state index contributed by atoms with van der Waals surface area (Å²) >= 11 is 0. The van der Waals surface area contributed by atoms with E-state index in [1.165, 1.54) is 5.19 Å². The van der Waals surface area contributed by atoms with E-state index in [1.54, 1.807) is 12.0 Å². The number of hydrogen-bond donors (Lipinski definition) is 3. The lowest BCUT2D eigenvalue weighted by Gasteiger charge is -2.36. The fourth-order valence-electron chi connectivity index (χ4n) is 8.13. The molecule has 52 heavy (non-hydrogen) atoms. The van der Waals surface area contributed by atoms with Crippen molar-refractivity contribution in [3.05, 3.63) is 126 Å². The number of H-pyrrole nitrogens is 1. The van der Waals surface area contributed by atoms with E-state index in [1.807, 2.05) is 85.1 Å². The van der Waals surface area contributed by atoms with Gasteiger partial charge < -0.3 is 29.8 Å². The first-order valence-corrected chi connectivity index (χ1v) is 21.4. The Hall–Kier alpha value is -4.70. The number of rotatable bonds is 15. The Morgan fingerprint density at radius 1 is 0.923 bits per heavy atom. The molecular formula is C43H51N3O5Si. The van der Waals surface area contributed by atoms with Crippen LogP contribution in [0.15, 0.2) is 109 Å². The summed E-state index contributed by atoms with van der Waals surface area (Å²) in [4.78, 5) is 32.0. The molecule has 1 saturated heterocycles. The van der Waals surface area contributed by atoms with E-state index in [0.717, 1.165) is 51.9 Å². The Balaban J connectivity index is 1.16. The van der Waals surface area contributed by atoms with Gasteiger partial charge in [-0.15, -0.1) is 0 Å². The molecule has 0 saturated carbocycles. The van der Waals surface area contributed by atoms with Crippen LogP contribution in [0.2, 0.25) is 18.6 Å². The number of para-hydroxylation sites is 1. The molecule has 272 valence electrons. The third-order valence-corrected chi connectivity index (χ3v) is 15.2. The van der Waals surface area contributed by atoms with Crippen LogP contribution in [0.25, 0.3) is 10.9 Å². The Labute approximate surface area is 308 Å². The maximum absolute atomic E-state index is 14.0. The molecule has 4 atom stereocenters. The average Bonchev–Trinajstić information content (AvgIpc) is 3.70. The van der Waals surface area contributed by atoms with Crippen molar-refractivity contribution in [2.75, 3.05) is 25.6 Å². The number of carbonyl (C=O) groups is 2. The smallest absolute Gasteiger partial charge is 0.228 e. The highest BCUT2D eigenvalue weighted by atomic mass is 28.3. The molecule has 0 bridgehead atoms. The Kier molecular flexibility index (Phi) is 11.9. The van der Waals surface area contributed by atoms with E-state index < -0.39 is 8.07 Å². The van der Waals surface area contributed by atoms with Crippen LogP contribution in [0.1, 0.15) is 36.5 Å².